The van der Waals surface area contributed by atoms with Gasteiger partial charge in [0.05, 0.1) is 0 Å². The van der Waals surface area contributed by atoms with Crippen LogP contribution in [0.4, 0.5) is 10.1 Å². The quantitative estimate of drug-likeness (QED) is 0.511. The molecule has 1 aromatic carbocycles. The summed E-state index contributed by atoms with van der Waals surface area (Å²) in [5.41, 5.74) is 3.02. The summed E-state index contributed by atoms with van der Waals surface area (Å²) in [7, 11) is 2.02. The second kappa shape index (κ2) is 9.11. The second-order valence-electron chi connectivity index (χ2n) is 8.72. The predicted molar refractivity (Wildman–Crippen MR) is 128 cm³/mol. The summed E-state index contributed by atoms with van der Waals surface area (Å²) >= 11 is 1.76. The maximum atomic E-state index is 13.3. The van der Waals surface area contributed by atoms with Crippen LogP contribution in [0.5, 0.6) is 0 Å². The van der Waals surface area contributed by atoms with Crippen molar-refractivity contribution < 1.29 is 4.39 Å². The number of nitrogens with zero attached hydrogens (tertiary/aromatic N) is 5. The van der Waals surface area contributed by atoms with Gasteiger partial charge in [0.15, 0.2) is 11.0 Å². The molecule has 0 saturated carbocycles. The van der Waals surface area contributed by atoms with E-state index in [-0.39, 0.29) is 5.82 Å². The summed E-state index contributed by atoms with van der Waals surface area (Å²) in [6, 6.07) is 7.52. The summed E-state index contributed by atoms with van der Waals surface area (Å²) in [5, 5.41) is 12.8. The minimum atomic E-state index is -0.167. The van der Waals surface area contributed by atoms with E-state index < -0.39 is 0 Å². The Morgan fingerprint density at radius 1 is 1.22 bits per heavy atom. The molecule has 1 aromatic heterocycles. The molecule has 2 fully saturated rings. The Morgan fingerprint density at radius 2 is 2.06 bits per heavy atom. The number of hydrogen-bond donors (Lipinski definition) is 1. The summed E-state index contributed by atoms with van der Waals surface area (Å²) in [6.07, 6.45) is 8.19. The van der Waals surface area contributed by atoms with Crippen molar-refractivity contribution in [2.45, 2.75) is 24.0 Å². The molecule has 168 valence electrons. The highest BCUT2D eigenvalue weighted by molar-refractivity contribution is 7.99. The predicted octanol–water partition coefficient (Wildman–Crippen LogP) is 3.66. The molecule has 8 heteroatoms. The molecule has 0 spiro atoms. The van der Waals surface area contributed by atoms with Gasteiger partial charge in [0.2, 0.25) is 0 Å². The third-order valence-corrected chi connectivity index (χ3v) is 7.69. The number of benzene rings is 1. The van der Waals surface area contributed by atoms with Gasteiger partial charge in [-0.1, -0.05) is 18.3 Å². The molecule has 0 bridgehead atoms. The van der Waals surface area contributed by atoms with Crippen molar-refractivity contribution in [3.63, 3.8) is 0 Å². The molecule has 2 aromatic rings. The van der Waals surface area contributed by atoms with Crippen LogP contribution in [0.3, 0.4) is 0 Å². The van der Waals surface area contributed by atoms with Crippen LogP contribution in [-0.2, 0) is 7.05 Å². The first-order chi connectivity index (χ1) is 15.6. The van der Waals surface area contributed by atoms with E-state index in [0.717, 1.165) is 65.7 Å². The number of fused-ring (bicyclic) bond motifs is 1. The van der Waals surface area contributed by atoms with Gasteiger partial charge in [-0.25, -0.2) is 4.39 Å². The van der Waals surface area contributed by atoms with Gasteiger partial charge in [0.1, 0.15) is 5.82 Å². The molecule has 4 heterocycles. The molecule has 0 radical (unpaired) electrons. The Balaban J connectivity index is 1.11. The first kappa shape index (κ1) is 21.3. The molecule has 3 aliphatic rings. The van der Waals surface area contributed by atoms with Gasteiger partial charge >= 0.3 is 0 Å². The van der Waals surface area contributed by atoms with Gasteiger partial charge in [-0.15, -0.1) is 10.2 Å². The minimum absolute atomic E-state index is 0.167. The zero-order chi connectivity index (χ0) is 22.1. The van der Waals surface area contributed by atoms with Crippen LogP contribution >= 0.6 is 11.8 Å². The molecular weight excluding hydrogens is 423 g/mol. The normalized spacial score (nSPS) is 22.9. The van der Waals surface area contributed by atoms with Crippen molar-refractivity contribution in [2.24, 2.45) is 13.0 Å². The van der Waals surface area contributed by atoms with Gasteiger partial charge in [0, 0.05) is 61.6 Å². The Labute approximate surface area is 192 Å². The van der Waals surface area contributed by atoms with Gasteiger partial charge in [0.25, 0.3) is 0 Å². The lowest BCUT2D eigenvalue weighted by atomic mass is 10.1. The standard InChI is InChI=1S/C24H29FN6S/c1-17-14-18(8-10-26-17)23-27-28-24(29(23)2)32-13-3-11-30-15-19-9-12-31(22(19)16-30)21-6-4-20(25)5-7-21/h4-8,10,14,19,22,26H,1,3,9,11-13,15-16H2,2H3/t19-,22+/m1/s1. The average molecular weight is 453 g/mol. The van der Waals surface area contributed by atoms with Crippen LogP contribution in [0.25, 0.3) is 5.57 Å². The number of allylic oxidation sites excluding steroid dienone is 3. The zero-order valence-corrected chi connectivity index (χ0v) is 19.2. The highest BCUT2D eigenvalue weighted by Gasteiger charge is 2.40. The van der Waals surface area contributed by atoms with Gasteiger partial charge in [-0.3, -0.25) is 0 Å². The van der Waals surface area contributed by atoms with Crippen LogP contribution in [0.1, 0.15) is 18.7 Å². The van der Waals surface area contributed by atoms with E-state index in [0.29, 0.717) is 6.04 Å². The Bertz CT molecular complexity index is 1040. The van der Waals surface area contributed by atoms with Crippen molar-refractivity contribution in [3.05, 3.63) is 66.5 Å². The largest absolute Gasteiger partial charge is 0.367 e. The molecule has 5 rings (SSSR count). The van der Waals surface area contributed by atoms with Crippen molar-refractivity contribution in [1.29, 1.82) is 0 Å². The van der Waals surface area contributed by atoms with Crippen LogP contribution in [0, 0.1) is 11.7 Å². The number of likely N-dealkylation sites (tertiary alicyclic amines) is 1. The van der Waals surface area contributed by atoms with Gasteiger partial charge in [-0.05, 0) is 61.7 Å². The SMILES string of the molecule is C=C1C=C(c2nnc(SCCCN3C[C@H]4CCN(c5ccc(F)cc5)[C@H]4C3)n2C)C=CN1. The van der Waals surface area contributed by atoms with Crippen molar-refractivity contribution in [3.8, 4) is 0 Å². The second-order valence-corrected chi connectivity index (χ2v) is 9.78. The van der Waals surface area contributed by atoms with E-state index in [4.69, 9.17) is 0 Å². The first-order valence-corrected chi connectivity index (χ1v) is 12.2. The number of hydrogen-bond acceptors (Lipinski definition) is 6. The number of nitrogens with one attached hydrogen (secondary N) is 1. The number of anilines is 1. The third kappa shape index (κ3) is 4.34. The molecule has 0 aliphatic carbocycles. The number of thioether (sulfide) groups is 1. The number of aromatic nitrogens is 3. The highest BCUT2D eigenvalue weighted by atomic mass is 32.2. The monoisotopic (exact) mass is 452 g/mol. The molecule has 32 heavy (non-hydrogen) atoms. The zero-order valence-electron chi connectivity index (χ0n) is 18.4. The summed E-state index contributed by atoms with van der Waals surface area (Å²) < 4.78 is 15.3. The third-order valence-electron chi connectivity index (χ3n) is 6.59. The molecule has 2 atom stereocenters. The fourth-order valence-electron chi connectivity index (χ4n) is 4.98. The van der Waals surface area contributed by atoms with Crippen LogP contribution in [0.15, 0.2) is 60.0 Å². The van der Waals surface area contributed by atoms with Gasteiger partial charge in [-0.2, -0.15) is 0 Å². The molecule has 2 saturated heterocycles. The molecular formula is C24H29FN6S. The number of rotatable bonds is 7. The smallest absolute Gasteiger partial charge is 0.191 e. The fraction of sp³-hybridized carbons (Fsp3) is 0.417. The lowest BCUT2D eigenvalue weighted by molar-refractivity contribution is 0.319. The van der Waals surface area contributed by atoms with E-state index in [1.807, 2.05) is 37.5 Å². The average Bonchev–Trinajstić information content (AvgIpc) is 3.46. The molecule has 0 unspecified atom stereocenters. The Hall–Kier alpha value is -2.58. The molecule has 3 aliphatic heterocycles. The van der Waals surface area contributed by atoms with Crippen molar-refractivity contribution in [1.82, 2.24) is 25.0 Å². The molecule has 6 nitrogen and oxygen atoms in total. The summed E-state index contributed by atoms with van der Waals surface area (Å²) in [4.78, 5) is 5.06. The van der Waals surface area contributed by atoms with Crippen molar-refractivity contribution >= 4 is 23.0 Å². The Morgan fingerprint density at radius 3 is 2.88 bits per heavy atom. The van der Waals surface area contributed by atoms with Gasteiger partial charge < -0.3 is 19.7 Å². The maximum Gasteiger partial charge on any atom is 0.191 e. The minimum Gasteiger partial charge on any atom is -0.367 e. The van der Waals surface area contributed by atoms with E-state index >= 15 is 0 Å². The highest BCUT2D eigenvalue weighted by Crippen LogP contribution is 2.35. The first-order valence-electron chi connectivity index (χ1n) is 11.2. The summed E-state index contributed by atoms with van der Waals surface area (Å²) in [6.45, 7) is 8.39. The fourth-order valence-corrected chi connectivity index (χ4v) is 5.82. The van der Waals surface area contributed by atoms with E-state index in [1.165, 1.54) is 13.0 Å². The van der Waals surface area contributed by atoms with E-state index in [9.17, 15) is 4.39 Å². The number of dihydropyridines is 1. The summed E-state index contributed by atoms with van der Waals surface area (Å²) in [5.74, 6) is 2.43. The topological polar surface area (TPSA) is 49.2 Å². The maximum absolute atomic E-state index is 13.3. The lowest BCUT2D eigenvalue weighted by Crippen LogP contribution is -2.35. The van der Waals surface area contributed by atoms with Crippen LogP contribution < -0.4 is 10.2 Å². The van der Waals surface area contributed by atoms with Crippen LogP contribution in [-0.4, -0.2) is 57.6 Å². The molecule has 1 N–H and O–H groups in total. The molecule has 0 amide bonds. The number of halogens is 1. The Kier molecular flexibility index (Phi) is 6.06. The van der Waals surface area contributed by atoms with E-state index in [1.54, 1.807) is 23.9 Å². The van der Waals surface area contributed by atoms with Crippen molar-refractivity contribution in [2.75, 3.05) is 36.8 Å². The lowest BCUT2D eigenvalue weighted by Gasteiger charge is -2.27. The van der Waals surface area contributed by atoms with E-state index in [2.05, 4.69) is 36.5 Å². The van der Waals surface area contributed by atoms with Crippen LogP contribution in [0.2, 0.25) is 0 Å².